The van der Waals surface area contributed by atoms with Gasteiger partial charge in [-0.25, -0.2) is 0 Å². The molecule has 0 saturated carbocycles. The molecule has 0 saturated heterocycles. The van der Waals surface area contributed by atoms with Crippen molar-refractivity contribution >= 4 is 21.6 Å². The number of benzene rings is 2. The molecule has 0 heterocycles. The number of phenolic OH excluding ortho intramolecular Hbond substituents is 1. The van der Waals surface area contributed by atoms with E-state index in [-0.39, 0.29) is 11.4 Å². The number of nitrogens with zero attached hydrogens (tertiary/aromatic N) is 1. The van der Waals surface area contributed by atoms with E-state index in [1.54, 1.807) is 30.3 Å². The number of halogens is 1. The van der Waals surface area contributed by atoms with Crippen LogP contribution in [0.2, 0.25) is 0 Å². The van der Waals surface area contributed by atoms with Gasteiger partial charge in [0.05, 0.1) is 5.56 Å². The van der Waals surface area contributed by atoms with Gasteiger partial charge < -0.3 is 15.6 Å². The fourth-order valence-corrected chi connectivity index (χ4v) is 1.84. The van der Waals surface area contributed by atoms with Crippen molar-refractivity contribution in [1.29, 1.82) is 5.26 Å². The van der Waals surface area contributed by atoms with Gasteiger partial charge in [-0.15, -0.1) is 0 Å². The second-order valence-corrected chi connectivity index (χ2v) is 4.40. The minimum atomic E-state index is -0.0276. The van der Waals surface area contributed by atoms with E-state index < -0.39 is 0 Å². The molecule has 4 nitrogen and oxygen atoms in total. The van der Waals surface area contributed by atoms with Crippen LogP contribution in [-0.4, -0.2) is 5.11 Å². The normalized spacial score (nSPS) is 9.78. The number of anilines is 1. The molecule has 0 spiro atoms. The minimum Gasteiger partial charge on any atom is -0.506 e. The van der Waals surface area contributed by atoms with Gasteiger partial charge >= 0.3 is 0 Å². The molecular weight excluding hydrogens is 296 g/mol. The summed E-state index contributed by atoms with van der Waals surface area (Å²) in [4.78, 5) is 0. The summed E-state index contributed by atoms with van der Waals surface area (Å²) in [5.41, 5.74) is 6.38. The summed E-state index contributed by atoms with van der Waals surface area (Å²) < 4.78 is 6.19. The Balaban J connectivity index is 2.32. The second kappa shape index (κ2) is 4.98. The molecule has 0 radical (unpaired) electrons. The first-order chi connectivity index (χ1) is 8.61. The molecule has 5 heteroatoms. The Morgan fingerprint density at radius 2 is 2.06 bits per heavy atom. The molecule has 0 bridgehead atoms. The van der Waals surface area contributed by atoms with Crippen molar-refractivity contribution < 1.29 is 9.84 Å². The van der Waals surface area contributed by atoms with Crippen LogP contribution in [0.25, 0.3) is 0 Å². The monoisotopic (exact) mass is 304 g/mol. The maximum atomic E-state index is 9.46. The quantitative estimate of drug-likeness (QED) is 0.658. The Morgan fingerprint density at radius 3 is 2.72 bits per heavy atom. The molecule has 0 unspecified atom stereocenters. The van der Waals surface area contributed by atoms with Gasteiger partial charge in [0.1, 0.15) is 23.3 Å². The molecule has 3 N–H and O–H groups in total. The Morgan fingerprint density at radius 1 is 1.28 bits per heavy atom. The highest BCUT2D eigenvalue weighted by atomic mass is 79.9. The summed E-state index contributed by atoms with van der Waals surface area (Å²) in [5, 5.41) is 18.3. The third-order valence-electron chi connectivity index (χ3n) is 2.33. The van der Waals surface area contributed by atoms with Gasteiger partial charge in [-0.2, -0.15) is 5.26 Å². The molecule has 2 rings (SSSR count). The molecule has 0 aliphatic carbocycles. The fraction of sp³-hybridized carbons (Fsp3) is 0. The first-order valence-electron chi connectivity index (χ1n) is 5.07. The maximum Gasteiger partial charge on any atom is 0.154 e. The Labute approximate surface area is 112 Å². The average Bonchev–Trinajstić information content (AvgIpc) is 2.35. The lowest BCUT2D eigenvalue weighted by Gasteiger charge is -2.09. The predicted molar refractivity (Wildman–Crippen MR) is 71.5 cm³/mol. The zero-order chi connectivity index (χ0) is 13.1. The van der Waals surface area contributed by atoms with E-state index >= 15 is 0 Å². The second-order valence-electron chi connectivity index (χ2n) is 3.54. The van der Waals surface area contributed by atoms with Crippen LogP contribution in [0.3, 0.4) is 0 Å². The van der Waals surface area contributed by atoms with Gasteiger partial charge in [0.15, 0.2) is 5.75 Å². The fourth-order valence-electron chi connectivity index (χ4n) is 1.40. The average molecular weight is 305 g/mol. The van der Waals surface area contributed by atoms with Gasteiger partial charge in [-0.05, 0) is 46.3 Å². The van der Waals surface area contributed by atoms with Crippen molar-refractivity contribution in [3.05, 3.63) is 46.4 Å². The van der Waals surface area contributed by atoms with Crippen LogP contribution in [-0.2, 0) is 0 Å². The van der Waals surface area contributed by atoms with Crippen LogP contribution in [0.15, 0.2) is 40.9 Å². The first-order valence-corrected chi connectivity index (χ1v) is 5.86. The largest absolute Gasteiger partial charge is 0.506 e. The number of para-hydroxylation sites is 1. The third kappa shape index (κ3) is 2.39. The molecule has 2 aromatic carbocycles. The lowest BCUT2D eigenvalue weighted by molar-refractivity contribution is 0.459. The molecule has 90 valence electrons. The molecular formula is C13H9BrN2O2. The van der Waals surface area contributed by atoms with Gasteiger partial charge in [0.25, 0.3) is 0 Å². The zero-order valence-electron chi connectivity index (χ0n) is 9.22. The van der Waals surface area contributed by atoms with Crippen LogP contribution in [0, 0.1) is 11.3 Å². The van der Waals surface area contributed by atoms with Crippen LogP contribution in [0.4, 0.5) is 5.69 Å². The van der Waals surface area contributed by atoms with E-state index in [2.05, 4.69) is 15.9 Å². The predicted octanol–water partition coefficient (Wildman–Crippen LogP) is 3.40. The van der Waals surface area contributed by atoms with Crippen molar-refractivity contribution in [3.8, 4) is 23.3 Å². The molecule has 0 amide bonds. The maximum absolute atomic E-state index is 9.46. The lowest BCUT2D eigenvalue weighted by Crippen LogP contribution is -1.92. The zero-order valence-corrected chi connectivity index (χ0v) is 10.8. The Hall–Kier alpha value is -2.19. The molecule has 2 aromatic rings. The summed E-state index contributed by atoms with van der Waals surface area (Å²) in [7, 11) is 0. The minimum absolute atomic E-state index is 0.0276. The topological polar surface area (TPSA) is 79.3 Å². The van der Waals surface area contributed by atoms with E-state index in [1.807, 2.05) is 6.07 Å². The van der Waals surface area contributed by atoms with E-state index in [9.17, 15) is 5.11 Å². The number of aromatic hydroxyl groups is 1. The van der Waals surface area contributed by atoms with Crippen molar-refractivity contribution in [1.82, 2.24) is 0 Å². The standard InChI is InChI=1S/C13H9BrN2O2/c14-10-6-9(5-4-8(10)7-15)18-12-3-1-2-11(17)13(12)16/h1-6,17H,16H2. The molecule has 0 atom stereocenters. The summed E-state index contributed by atoms with van der Waals surface area (Å²) in [6.45, 7) is 0. The molecule has 0 aromatic heterocycles. The summed E-state index contributed by atoms with van der Waals surface area (Å²) in [6, 6.07) is 11.8. The van der Waals surface area contributed by atoms with Crippen molar-refractivity contribution in [2.45, 2.75) is 0 Å². The smallest absolute Gasteiger partial charge is 0.154 e. The highest BCUT2D eigenvalue weighted by Gasteiger charge is 2.07. The number of nitrogens with two attached hydrogens (primary N) is 1. The summed E-state index contributed by atoms with van der Waals surface area (Å²) >= 11 is 3.27. The van der Waals surface area contributed by atoms with E-state index in [0.717, 1.165) is 0 Å². The van der Waals surface area contributed by atoms with Crippen LogP contribution >= 0.6 is 15.9 Å². The van der Waals surface area contributed by atoms with E-state index in [0.29, 0.717) is 21.5 Å². The van der Waals surface area contributed by atoms with Crippen LogP contribution in [0.1, 0.15) is 5.56 Å². The van der Waals surface area contributed by atoms with Gasteiger partial charge in [-0.3, -0.25) is 0 Å². The van der Waals surface area contributed by atoms with E-state index in [4.69, 9.17) is 15.7 Å². The number of ether oxygens (including phenoxy) is 1. The van der Waals surface area contributed by atoms with Crippen molar-refractivity contribution in [2.24, 2.45) is 0 Å². The van der Waals surface area contributed by atoms with Crippen LogP contribution < -0.4 is 10.5 Å². The number of phenols is 1. The molecule has 0 fully saturated rings. The summed E-state index contributed by atoms with van der Waals surface area (Å²) in [6.07, 6.45) is 0. The first kappa shape index (κ1) is 12.3. The highest BCUT2D eigenvalue weighted by molar-refractivity contribution is 9.10. The van der Waals surface area contributed by atoms with Crippen molar-refractivity contribution in [2.75, 3.05) is 5.73 Å². The molecule has 18 heavy (non-hydrogen) atoms. The molecule has 0 aliphatic heterocycles. The number of rotatable bonds is 2. The third-order valence-corrected chi connectivity index (χ3v) is 2.99. The number of nitrogen functional groups attached to an aromatic ring is 1. The molecule has 0 aliphatic rings. The number of hydrogen-bond acceptors (Lipinski definition) is 4. The highest BCUT2D eigenvalue weighted by Crippen LogP contribution is 2.34. The Kier molecular flexibility index (Phi) is 3.40. The lowest BCUT2D eigenvalue weighted by atomic mass is 10.2. The number of nitriles is 1. The SMILES string of the molecule is N#Cc1ccc(Oc2cccc(O)c2N)cc1Br. The van der Waals surface area contributed by atoms with Crippen molar-refractivity contribution in [3.63, 3.8) is 0 Å². The number of hydrogen-bond donors (Lipinski definition) is 2. The van der Waals surface area contributed by atoms with Gasteiger partial charge in [-0.1, -0.05) is 6.07 Å². The summed E-state index contributed by atoms with van der Waals surface area (Å²) in [5.74, 6) is 0.866. The van der Waals surface area contributed by atoms with E-state index in [1.165, 1.54) is 6.07 Å². The van der Waals surface area contributed by atoms with Crippen LogP contribution in [0.5, 0.6) is 17.2 Å². The van der Waals surface area contributed by atoms with Gasteiger partial charge in [0.2, 0.25) is 0 Å². The van der Waals surface area contributed by atoms with Gasteiger partial charge in [0, 0.05) is 4.47 Å². The Bertz CT molecular complexity index is 635.